The number of hydrogen-bond donors (Lipinski definition) is 0. The Morgan fingerprint density at radius 1 is 0.384 bits per heavy atom. The van der Waals surface area contributed by atoms with Gasteiger partial charge in [-0.2, -0.15) is 0 Å². The molecule has 2 atom stereocenters. The normalized spacial score (nSPS) is 22.3. The highest BCUT2D eigenvalue weighted by atomic mass is 31.2. The van der Waals surface area contributed by atoms with Crippen LogP contribution >= 0.6 is 17.2 Å². The second kappa shape index (κ2) is 36.8. The van der Waals surface area contributed by atoms with Crippen molar-refractivity contribution in [3.8, 4) is 11.5 Å². The minimum atomic E-state index is -1.47. The van der Waals surface area contributed by atoms with Crippen molar-refractivity contribution in [3.05, 3.63) is 59.7 Å². The van der Waals surface area contributed by atoms with Gasteiger partial charge in [-0.1, -0.05) is 231 Å². The molecule has 6 rings (SSSR count). The Bertz CT molecular complexity index is 1540. The van der Waals surface area contributed by atoms with E-state index in [0.717, 1.165) is 63.2 Å². The summed E-state index contributed by atoms with van der Waals surface area (Å²) in [6.07, 6.45) is 51.9. The van der Waals surface area contributed by atoms with Gasteiger partial charge in [-0.15, -0.1) is 0 Å². The number of benzene rings is 2. The van der Waals surface area contributed by atoms with E-state index in [4.69, 9.17) is 27.1 Å². The molecule has 0 spiro atoms. The second-order valence-electron chi connectivity index (χ2n) is 24.1. The Morgan fingerprint density at radius 3 is 1.04 bits per heavy atom. The third-order valence-electron chi connectivity index (χ3n) is 18.1. The van der Waals surface area contributed by atoms with Crippen LogP contribution in [0, 0.1) is 17.3 Å². The molecule has 2 unspecified atom stereocenters. The van der Waals surface area contributed by atoms with E-state index in [1.54, 1.807) is 0 Å². The lowest BCUT2D eigenvalue weighted by Crippen LogP contribution is -2.39. The van der Waals surface area contributed by atoms with Gasteiger partial charge in [0.2, 0.25) is 0 Å². The van der Waals surface area contributed by atoms with Gasteiger partial charge in [-0.3, -0.25) is 9.05 Å². The molecule has 0 radical (unpaired) electrons. The predicted octanol–water partition coefficient (Wildman–Crippen LogP) is 22.5. The first kappa shape index (κ1) is 61.0. The smallest absolute Gasteiger partial charge is 0.397 e. The summed E-state index contributed by atoms with van der Waals surface area (Å²) in [6.45, 7) is 11.2. The third-order valence-corrected chi connectivity index (χ3v) is 20.5. The number of hydrogen-bond acceptors (Lipinski definition) is 6. The highest BCUT2D eigenvalue weighted by Gasteiger charge is 2.42. The van der Waals surface area contributed by atoms with Crippen molar-refractivity contribution >= 4 is 17.2 Å². The van der Waals surface area contributed by atoms with Gasteiger partial charge < -0.3 is 18.1 Å². The Labute approximate surface area is 452 Å². The van der Waals surface area contributed by atoms with Crippen LogP contribution in [0.1, 0.15) is 307 Å². The van der Waals surface area contributed by atoms with Crippen molar-refractivity contribution in [3.63, 3.8) is 0 Å². The Hall–Kier alpha value is -1.26. The van der Waals surface area contributed by atoms with Crippen molar-refractivity contribution in [2.75, 3.05) is 13.2 Å². The molecule has 0 N–H and O–H groups in total. The van der Waals surface area contributed by atoms with Crippen molar-refractivity contribution in [1.82, 2.24) is 0 Å². The number of rotatable bonds is 38. The second-order valence-corrected chi connectivity index (χ2v) is 26.3. The molecule has 4 aliphatic rings. The van der Waals surface area contributed by atoms with Crippen molar-refractivity contribution < 1.29 is 27.1 Å². The van der Waals surface area contributed by atoms with Gasteiger partial charge in [0.15, 0.2) is 0 Å². The van der Waals surface area contributed by atoms with E-state index in [0.29, 0.717) is 23.7 Å². The van der Waals surface area contributed by atoms with Crippen LogP contribution in [-0.2, 0) is 18.1 Å². The van der Waals surface area contributed by atoms with Crippen molar-refractivity contribution in [1.29, 1.82) is 0 Å². The van der Waals surface area contributed by atoms with Gasteiger partial charge >= 0.3 is 17.2 Å². The molecule has 0 amide bonds. The Kier molecular flexibility index (Phi) is 30.7. The fraction of sp³-hybridized carbons (Fsp3) is 0.815. The molecule has 4 saturated carbocycles. The summed E-state index contributed by atoms with van der Waals surface area (Å²) in [5.41, 5.74) is 2.99. The number of unbranched alkanes of at least 4 members (excludes halogenated alkanes) is 20. The van der Waals surface area contributed by atoms with Crippen LogP contribution in [0.15, 0.2) is 48.5 Å². The topological polar surface area (TPSA) is 55.4 Å². The van der Waals surface area contributed by atoms with E-state index in [9.17, 15) is 0 Å². The lowest BCUT2D eigenvalue weighted by molar-refractivity contribution is 0.00598. The molecule has 0 aromatic heterocycles. The molecular weight excluding hydrogens is 939 g/mol. The van der Waals surface area contributed by atoms with Gasteiger partial charge in [0.05, 0.1) is 25.4 Å². The van der Waals surface area contributed by atoms with Gasteiger partial charge in [0.1, 0.15) is 11.5 Å². The first-order valence-corrected chi connectivity index (χ1v) is 33.9. The molecule has 0 bridgehead atoms. The van der Waals surface area contributed by atoms with Crippen LogP contribution in [0.3, 0.4) is 0 Å². The van der Waals surface area contributed by atoms with E-state index >= 15 is 0 Å². The molecule has 0 aliphatic heterocycles. The average Bonchev–Trinajstić information content (AvgIpc) is 3.42. The first-order chi connectivity index (χ1) is 35.9. The molecule has 73 heavy (non-hydrogen) atoms. The zero-order valence-electron chi connectivity index (χ0n) is 47.6. The highest BCUT2D eigenvalue weighted by molar-refractivity contribution is 7.42. The van der Waals surface area contributed by atoms with Crippen LogP contribution in [0.2, 0.25) is 0 Å². The summed E-state index contributed by atoms with van der Waals surface area (Å²) >= 11 is 0. The van der Waals surface area contributed by atoms with Crippen LogP contribution < -0.4 is 9.05 Å². The van der Waals surface area contributed by atoms with E-state index in [2.05, 4.69) is 76.2 Å². The molecule has 8 heteroatoms. The summed E-state index contributed by atoms with van der Waals surface area (Å²) in [5, 5.41) is 0. The number of para-hydroxylation sites is 2. The van der Waals surface area contributed by atoms with Gasteiger partial charge in [-0.25, -0.2) is 0 Å². The van der Waals surface area contributed by atoms with E-state index in [1.807, 2.05) is 0 Å². The van der Waals surface area contributed by atoms with Crippen LogP contribution in [0.5, 0.6) is 11.5 Å². The molecular formula is C65H110O6P2. The maximum Gasteiger partial charge on any atom is 0.397 e. The minimum absolute atomic E-state index is 0.189. The molecule has 0 saturated heterocycles. The van der Waals surface area contributed by atoms with E-state index in [-0.39, 0.29) is 17.6 Å². The SMILES string of the molecule is CCCCCCCCCCCCCOP(Oc1ccccc1C1CCCCC1)OC1CCC(C(C)(C)C2CCC(OP(OCCCCCCCCCCCCC)Oc3ccccc3C3CCCCC3)CC2)CC1. The zero-order chi connectivity index (χ0) is 51.0. The van der Waals surface area contributed by atoms with E-state index in [1.165, 1.54) is 229 Å². The molecule has 0 heterocycles. The molecule has 2 aromatic rings. The first-order valence-electron chi connectivity index (χ1n) is 31.7. The molecule has 4 aliphatic carbocycles. The third kappa shape index (κ3) is 22.9. The fourth-order valence-electron chi connectivity index (χ4n) is 13.2. The van der Waals surface area contributed by atoms with E-state index < -0.39 is 17.2 Å². The lowest BCUT2D eigenvalue weighted by atomic mass is 9.60. The summed E-state index contributed by atoms with van der Waals surface area (Å²) in [5.74, 6) is 4.53. The zero-order valence-corrected chi connectivity index (χ0v) is 49.4. The Balaban J connectivity index is 0.960. The van der Waals surface area contributed by atoms with Crippen LogP contribution in [0.4, 0.5) is 0 Å². The maximum absolute atomic E-state index is 6.94. The quantitative estimate of drug-likeness (QED) is 0.0493. The van der Waals surface area contributed by atoms with Gasteiger partial charge in [0.25, 0.3) is 0 Å². The summed E-state index contributed by atoms with van der Waals surface area (Å²) in [7, 11) is -2.94. The molecule has 6 nitrogen and oxygen atoms in total. The summed E-state index contributed by atoms with van der Waals surface area (Å²) < 4.78 is 40.8. The fourth-order valence-corrected chi connectivity index (χ4v) is 15.6. The highest BCUT2D eigenvalue weighted by Crippen LogP contribution is 2.54. The molecule has 2 aromatic carbocycles. The summed E-state index contributed by atoms with van der Waals surface area (Å²) in [4.78, 5) is 0. The lowest BCUT2D eigenvalue weighted by Gasteiger charge is -2.46. The monoisotopic (exact) mass is 1050 g/mol. The van der Waals surface area contributed by atoms with Crippen LogP contribution in [-0.4, -0.2) is 25.4 Å². The molecule has 416 valence electrons. The van der Waals surface area contributed by atoms with Gasteiger partial charge in [0, 0.05) is 0 Å². The Morgan fingerprint density at radius 2 is 0.699 bits per heavy atom. The van der Waals surface area contributed by atoms with Crippen molar-refractivity contribution in [2.24, 2.45) is 17.3 Å². The van der Waals surface area contributed by atoms with Gasteiger partial charge in [-0.05, 0) is 142 Å². The van der Waals surface area contributed by atoms with Crippen LogP contribution in [0.25, 0.3) is 0 Å². The summed E-state index contributed by atoms with van der Waals surface area (Å²) in [6, 6.07) is 17.6. The maximum atomic E-state index is 6.94. The minimum Gasteiger partial charge on any atom is -0.426 e. The van der Waals surface area contributed by atoms with Crippen molar-refractivity contribution in [2.45, 2.75) is 309 Å². The largest absolute Gasteiger partial charge is 0.426 e. The standard InChI is InChI=1S/C65H110O6P2/c1-5-7-9-11-13-15-17-19-21-23-35-53-66-72(70-63-43-33-31-41-61(63)55-37-27-25-28-38-55)68-59-49-45-57(46-50-59)65(3,4)58-47-51-60(52-48-58)69-73(67-54-36-24-22-20-18-16-14-12-10-8-6-2)71-64-44-34-32-42-62(64)56-39-29-26-30-40-56/h31-34,41-44,55-60H,5-30,35-40,45-54H2,1-4H3. The average molecular weight is 1050 g/mol. The molecule has 4 fully saturated rings. The predicted molar refractivity (Wildman–Crippen MR) is 312 cm³/mol.